The van der Waals surface area contributed by atoms with E-state index in [9.17, 15) is 0 Å². The van der Waals surface area contributed by atoms with Gasteiger partial charge < -0.3 is 14.2 Å². The molecule has 0 N–H and O–H groups in total. The van der Waals surface area contributed by atoms with E-state index in [0.29, 0.717) is 42.0 Å². The van der Waals surface area contributed by atoms with Crippen LogP contribution in [0.5, 0.6) is 17.8 Å². The summed E-state index contributed by atoms with van der Waals surface area (Å²) >= 11 is 0. The zero-order valence-electron chi connectivity index (χ0n) is 24.2. The van der Waals surface area contributed by atoms with Crippen LogP contribution in [0.15, 0.2) is 73.2 Å². The molecule has 9 nitrogen and oxygen atoms in total. The zero-order chi connectivity index (χ0) is 29.3. The summed E-state index contributed by atoms with van der Waals surface area (Å²) in [5, 5.41) is 1.47. The first-order chi connectivity index (χ1) is 21.7. The van der Waals surface area contributed by atoms with Gasteiger partial charge in [0.15, 0.2) is 11.3 Å². The summed E-state index contributed by atoms with van der Waals surface area (Å²) in [6.45, 7) is 0.985. The van der Waals surface area contributed by atoms with E-state index in [0.717, 1.165) is 41.2 Å². The standard InChI is InChI=1S/C35H30N6O3/c1-4-24-11-9-22(16-26(24)6-1)18-42-33-30-14-13-28(39-32(30)37-21-38-33)20-44-35-40-31-29(8-3-15-36-31)34(41-35)43-19-23-10-12-25-5-2-7-27(25)17-23/h3,8-17,21H,1-2,4-7,18-20H2. The summed E-state index contributed by atoms with van der Waals surface area (Å²) in [4.78, 5) is 26.9. The summed E-state index contributed by atoms with van der Waals surface area (Å²) < 4.78 is 18.3. The number of benzene rings is 2. The Morgan fingerprint density at radius 1 is 0.545 bits per heavy atom. The molecule has 218 valence electrons. The second kappa shape index (κ2) is 11.5. The fourth-order valence-electron chi connectivity index (χ4n) is 6.12. The number of pyridine rings is 2. The molecule has 0 bridgehead atoms. The van der Waals surface area contributed by atoms with E-state index < -0.39 is 0 Å². The van der Waals surface area contributed by atoms with Crippen LogP contribution in [0, 0.1) is 0 Å². The molecule has 0 fully saturated rings. The predicted octanol–water partition coefficient (Wildman–Crippen LogP) is 6.08. The first-order valence-corrected chi connectivity index (χ1v) is 15.1. The Balaban J connectivity index is 0.971. The highest BCUT2D eigenvalue weighted by atomic mass is 16.5. The minimum Gasteiger partial charge on any atom is -0.472 e. The third-order valence-corrected chi connectivity index (χ3v) is 8.36. The van der Waals surface area contributed by atoms with Crippen molar-refractivity contribution in [3.05, 3.63) is 112 Å². The molecule has 44 heavy (non-hydrogen) atoms. The third-order valence-electron chi connectivity index (χ3n) is 8.36. The number of ether oxygens (including phenoxy) is 3. The molecular weight excluding hydrogens is 552 g/mol. The van der Waals surface area contributed by atoms with E-state index in [1.54, 1.807) is 6.20 Å². The first-order valence-electron chi connectivity index (χ1n) is 15.1. The highest BCUT2D eigenvalue weighted by Crippen LogP contribution is 2.28. The molecule has 2 aliphatic rings. The maximum atomic E-state index is 6.19. The van der Waals surface area contributed by atoms with Crippen molar-refractivity contribution in [1.29, 1.82) is 0 Å². The fourth-order valence-corrected chi connectivity index (χ4v) is 6.12. The molecule has 8 rings (SSSR count). The average molecular weight is 583 g/mol. The van der Waals surface area contributed by atoms with Crippen LogP contribution in [0.3, 0.4) is 0 Å². The molecule has 4 heterocycles. The molecule has 0 amide bonds. The number of nitrogens with zero attached hydrogens (tertiary/aromatic N) is 6. The number of rotatable bonds is 9. The van der Waals surface area contributed by atoms with Crippen molar-refractivity contribution in [2.45, 2.75) is 58.3 Å². The Labute approximate surface area is 254 Å². The van der Waals surface area contributed by atoms with Crippen molar-refractivity contribution in [2.24, 2.45) is 0 Å². The van der Waals surface area contributed by atoms with E-state index in [4.69, 9.17) is 14.2 Å². The van der Waals surface area contributed by atoms with Gasteiger partial charge in [0.2, 0.25) is 11.8 Å². The van der Waals surface area contributed by atoms with Gasteiger partial charge in [-0.1, -0.05) is 36.4 Å². The largest absolute Gasteiger partial charge is 0.472 e. The SMILES string of the molecule is c1cnc2nc(OCc3ccc4c(OCc5ccc6c(c5)CCC6)ncnc4n3)nc(OCc3ccc4c(c3)CCC4)c2c1. The summed E-state index contributed by atoms with van der Waals surface area (Å²) in [5.41, 5.74) is 9.68. The summed E-state index contributed by atoms with van der Waals surface area (Å²) in [5.74, 6) is 0.938. The quantitative estimate of drug-likeness (QED) is 0.201. The van der Waals surface area contributed by atoms with Crippen molar-refractivity contribution < 1.29 is 14.2 Å². The molecule has 6 aromatic rings. The lowest BCUT2D eigenvalue weighted by atomic mass is 10.1. The van der Waals surface area contributed by atoms with Crippen molar-refractivity contribution >= 4 is 22.1 Å². The lowest BCUT2D eigenvalue weighted by molar-refractivity contribution is 0.259. The van der Waals surface area contributed by atoms with Crippen LogP contribution >= 0.6 is 0 Å². The highest BCUT2D eigenvalue weighted by Gasteiger charge is 2.15. The minimum absolute atomic E-state index is 0.147. The Hall–Kier alpha value is -5.18. The van der Waals surface area contributed by atoms with Crippen LogP contribution in [0.1, 0.15) is 51.9 Å². The van der Waals surface area contributed by atoms with Crippen LogP contribution in [-0.4, -0.2) is 29.9 Å². The fraction of sp³-hybridized carbons (Fsp3) is 0.257. The predicted molar refractivity (Wildman–Crippen MR) is 165 cm³/mol. The summed E-state index contributed by atoms with van der Waals surface area (Å²) in [7, 11) is 0. The summed E-state index contributed by atoms with van der Waals surface area (Å²) in [6, 6.07) is 20.9. The van der Waals surface area contributed by atoms with Crippen LogP contribution < -0.4 is 14.2 Å². The van der Waals surface area contributed by atoms with Crippen LogP contribution in [-0.2, 0) is 45.5 Å². The molecule has 0 radical (unpaired) electrons. The topological polar surface area (TPSA) is 105 Å². The Bertz CT molecular complexity index is 2010. The monoisotopic (exact) mass is 582 g/mol. The van der Waals surface area contributed by atoms with E-state index in [1.165, 1.54) is 47.8 Å². The second-order valence-corrected chi connectivity index (χ2v) is 11.3. The van der Waals surface area contributed by atoms with Crippen LogP contribution in [0.2, 0.25) is 0 Å². The molecule has 0 atom stereocenters. The van der Waals surface area contributed by atoms with Gasteiger partial charge in [0, 0.05) is 6.20 Å². The maximum Gasteiger partial charge on any atom is 0.322 e. The van der Waals surface area contributed by atoms with Gasteiger partial charge in [-0.25, -0.2) is 19.9 Å². The van der Waals surface area contributed by atoms with Gasteiger partial charge in [0.25, 0.3) is 0 Å². The molecule has 9 heteroatoms. The average Bonchev–Trinajstić information content (AvgIpc) is 3.74. The minimum atomic E-state index is 0.147. The van der Waals surface area contributed by atoms with E-state index in [-0.39, 0.29) is 12.6 Å². The van der Waals surface area contributed by atoms with Crippen molar-refractivity contribution in [3.8, 4) is 17.8 Å². The Kier molecular flexibility index (Phi) is 6.90. The Morgan fingerprint density at radius 3 is 2.00 bits per heavy atom. The molecule has 2 aliphatic carbocycles. The zero-order valence-corrected chi connectivity index (χ0v) is 24.2. The third kappa shape index (κ3) is 5.37. The lowest BCUT2D eigenvalue weighted by Gasteiger charge is -2.12. The van der Waals surface area contributed by atoms with Crippen molar-refractivity contribution in [2.75, 3.05) is 0 Å². The van der Waals surface area contributed by atoms with Crippen LogP contribution in [0.25, 0.3) is 22.1 Å². The van der Waals surface area contributed by atoms with E-state index in [2.05, 4.69) is 66.3 Å². The highest BCUT2D eigenvalue weighted by molar-refractivity contribution is 5.80. The molecule has 0 saturated carbocycles. The normalized spacial score (nSPS) is 13.6. The van der Waals surface area contributed by atoms with Gasteiger partial charge >= 0.3 is 6.01 Å². The van der Waals surface area contributed by atoms with Gasteiger partial charge in [-0.05, 0) is 96.2 Å². The van der Waals surface area contributed by atoms with E-state index >= 15 is 0 Å². The maximum absolute atomic E-state index is 6.19. The van der Waals surface area contributed by atoms with Gasteiger partial charge in [-0.15, -0.1) is 0 Å². The second-order valence-electron chi connectivity index (χ2n) is 11.3. The van der Waals surface area contributed by atoms with Crippen molar-refractivity contribution in [1.82, 2.24) is 29.9 Å². The Morgan fingerprint density at radius 2 is 1.23 bits per heavy atom. The van der Waals surface area contributed by atoms with Gasteiger partial charge in [0.1, 0.15) is 26.1 Å². The first kappa shape index (κ1) is 26.4. The molecule has 0 spiro atoms. The lowest BCUT2D eigenvalue weighted by Crippen LogP contribution is -2.06. The van der Waals surface area contributed by atoms with Gasteiger partial charge in [-0.2, -0.15) is 9.97 Å². The van der Waals surface area contributed by atoms with Crippen LogP contribution in [0.4, 0.5) is 0 Å². The summed E-state index contributed by atoms with van der Waals surface area (Å²) in [6.07, 6.45) is 10.2. The molecule has 4 aromatic heterocycles. The number of fused-ring (bicyclic) bond motifs is 4. The number of hydrogen-bond donors (Lipinski definition) is 0. The molecule has 2 aromatic carbocycles. The smallest absolute Gasteiger partial charge is 0.322 e. The molecular formula is C35H30N6O3. The number of hydrogen-bond acceptors (Lipinski definition) is 9. The van der Waals surface area contributed by atoms with E-state index in [1.807, 2.05) is 24.3 Å². The molecule has 0 aliphatic heterocycles. The van der Waals surface area contributed by atoms with Crippen molar-refractivity contribution in [3.63, 3.8) is 0 Å². The molecule has 0 unspecified atom stereocenters. The molecule has 0 saturated heterocycles. The number of aryl methyl sites for hydroxylation is 4. The van der Waals surface area contributed by atoms with Gasteiger partial charge in [0.05, 0.1) is 16.5 Å². The van der Waals surface area contributed by atoms with Gasteiger partial charge in [-0.3, -0.25) is 0 Å². The number of aromatic nitrogens is 6.